The van der Waals surface area contributed by atoms with Gasteiger partial charge < -0.3 is 0 Å². The van der Waals surface area contributed by atoms with Crippen molar-refractivity contribution in [1.82, 2.24) is 15.0 Å². The summed E-state index contributed by atoms with van der Waals surface area (Å²) in [5, 5.41) is 2.50. The normalized spacial score (nSPS) is 13.0. The summed E-state index contributed by atoms with van der Waals surface area (Å²) in [6, 6.07) is 58.3. The van der Waals surface area contributed by atoms with Crippen LogP contribution in [-0.2, 0) is 5.41 Å². The molecular weight excluding hydrogens is 651 g/mol. The first-order valence-corrected chi connectivity index (χ1v) is 18.5. The fourth-order valence-corrected chi connectivity index (χ4v) is 9.18. The van der Waals surface area contributed by atoms with Gasteiger partial charge in [0.2, 0.25) is 0 Å². The van der Waals surface area contributed by atoms with Gasteiger partial charge in [-0.05, 0) is 57.1 Å². The predicted octanol–water partition coefficient (Wildman–Crippen LogP) is 12.9. The van der Waals surface area contributed by atoms with E-state index in [1.54, 1.807) is 0 Å². The molecular formula is C48H33N3S. The zero-order chi connectivity index (χ0) is 34.8. The fraction of sp³-hybridized carbons (Fsp3) is 0.0625. The topological polar surface area (TPSA) is 38.7 Å². The maximum absolute atomic E-state index is 5.16. The molecule has 0 fully saturated rings. The SMILES string of the molecule is CC1(C)c2ccccc2-c2ccc(-c3ccc(-c4c(-c5nc(-c6ccccc6)nc(-c6ccccc6)n5)ccc5c4sc4ccccc45)cc3)cc21. The first kappa shape index (κ1) is 30.6. The van der Waals surface area contributed by atoms with Crippen molar-refractivity contribution >= 4 is 31.5 Å². The number of nitrogens with zero attached hydrogens (tertiary/aromatic N) is 3. The van der Waals surface area contributed by atoms with Gasteiger partial charge in [0.15, 0.2) is 17.5 Å². The maximum Gasteiger partial charge on any atom is 0.164 e. The van der Waals surface area contributed by atoms with E-state index in [1.165, 1.54) is 53.6 Å². The Morgan fingerprint density at radius 3 is 1.69 bits per heavy atom. The number of benzene rings is 7. The van der Waals surface area contributed by atoms with Crippen LogP contribution in [-0.4, -0.2) is 15.0 Å². The molecule has 0 atom stereocenters. The van der Waals surface area contributed by atoms with Gasteiger partial charge in [-0.3, -0.25) is 0 Å². The third-order valence-electron chi connectivity index (χ3n) is 10.6. The summed E-state index contributed by atoms with van der Waals surface area (Å²) in [6.45, 7) is 4.68. The van der Waals surface area contributed by atoms with Gasteiger partial charge in [0.25, 0.3) is 0 Å². The second-order valence-electron chi connectivity index (χ2n) is 14.0. The summed E-state index contributed by atoms with van der Waals surface area (Å²) in [7, 11) is 0. The number of fused-ring (bicyclic) bond motifs is 6. The average Bonchev–Trinajstić information content (AvgIpc) is 3.70. The summed E-state index contributed by atoms with van der Waals surface area (Å²) >= 11 is 1.83. The fourth-order valence-electron chi connectivity index (χ4n) is 7.90. The van der Waals surface area contributed by atoms with Crippen LogP contribution >= 0.6 is 11.3 Å². The van der Waals surface area contributed by atoms with Crippen LogP contribution in [0.4, 0.5) is 0 Å². The Morgan fingerprint density at radius 2 is 0.962 bits per heavy atom. The monoisotopic (exact) mass is 683 g/mol. The lowest BCUT2D eigenvalue weighted by molar-refractivity contribution is 0.660. The van der Waals surface area contributed by atoms with Crippen LogP contribution in [0.25, 0.3) is 87.7 Å². The molecule has 0 amide bonds. The molecule has 3 nitrogen and oxygen atoms in total. The van der Waals surface area contributed by atoms with Gasteiger partial charge in [0.05, 0.1) is 0 Å². The molecule has 0 saturated heterocycles. The summed E-state index contributed by atoms with van der Waals surface area (Å²) in [5.74, 6) is 1.97. The van der Waals surface area contributed by atoms with E-state index < -0.39 is 0 Å². The van der Waals surface area contributed by atoms with Crippen molar-refractivity contribution in [2.75, 3.05) is 0 Å². The third-order valence-corrected chi connectivity index (χ3v) is 11.8. The molecule has 0 N–H and O–H groups in total. The van der Waals surface area contributed by atoms with Gasteiger partial charge in [-0.25, -0.2) is 15.0 Å². The molecule has 0 radical (unpaired) electrons. The van der Waals surface area contributed by atoms with E-state index in [-0.39, 0.29) is 5.41 Å². The molecule has 2 aromatic heterocycles. The minimum atomic E-state index is -0.0463. The average molecular weight is 684 g/mol. The molecule has 1 aliphatic carbocycles. The molecule has 4 heteroatoms. The molecule has 1 aliphatic rings. The van der Waals surface area contributed by atoms with E-state index in [0.717, 1.165) is 27.8 Å². The lowest BCUT2D eigenvalue weighted by Gasteiger charge is -2.22. The number of hydrogen-bond donors (Lipinski definition) is 0. The van der Waals surface area contributed by atoms with Crippen molar-refractivity contribution in [3.63, 3.8) is 0 Å². The summed E-state index contributed by atoms with van der Waals surface area (Å²) in [4.78, 5) is 15.3. The standard InChI is InChI=1S/C48H33N3S/c1-48(2)40-19-11-9-17-35(40)36-26-25-34(29-41(36)48)30-21-23-31(24-22-30)43-39(28-27-38-37-18-10-12-20-42(37)52-44(38)43)47-50-45(32-13-5-3-6-14-32)49-46(51-47)33-15-7-4-8-16-33/h3-29H,1-2H3. The molecule has 10 rings (SSSR count). The minimum absolute atomic E-state index is 0.0463. The highest BCUT2D eigenvalue weighted by molar-refractivity contribution is 7.26. The van der Waals surface area contributed by atoms with Crippen LogP contribution in [0.1, 0.15) is 25.0 Å². The third kappa shape index (κ3) is 4.90. The van der Waals surface area contributed by atoms with Crippen LogP contribution in [0.5, 0.6) is 0 Å². The summed E-state index contributed by atoms with van der Waals surface area (Å²) < 4.78 is 2.49. The Hall–Kier alpha value is -6.23. The Morgan fingerprint density at radius 1 is 0.404 bits per heavy atom. The second-order valence-corrected chi connectivity index (χ2v) is 15.1. The summed E-state index contributed by atoms with van der Waals surface area (Å²) in [6.07, 6.45) is 0. The first-order chi connectivity index (χ1) is 25.5. The number of rotatable bonds is 5. The quantitative estimate of drug-likeness (QED) is 0.181. The molecule has 0 spiro atoms. The number of aromatic nitrogens is 3. The van der Waals surface area contributed by atoms with Gasteiger partial charge >= 0.3 is 0 Å². The van der Waals surface area contributed by atoms with E-state index in [4.69, 9.17) is 15.0 Å². The first-order valence-electron chi connectivity index (χ1n) is 17.7. The highest BCUT2D eigenvalue weighted by atomic mass is 32.1. The molecule has 246 valence electrons. The Labute approximate surface area is 307 Å². The van der Waals surface area contributed by atoms with Crippen LogP contribution in [0.15, 0.2) is 164 Å². The second kappa shape index (κ2) is 11.9. The molecule has 0 unspecified atom stereocenters. The van der Waals surface area contributed by atoms with Crippen molar-refractivity contribution in [2.24, 2.45) is 0 Å². The zero-order valence-electron chi connectivity index (χ0n) is 28.8. The van der Waals surface area contributed by atoms with Crippen LogP contribution in [0, 0.1) is 0 Å². The Balaban J connectivity index is 1.15. The van der Waals surface area contributed by atoms with Crippen LogP contribution in [0.2, 0.25) is 0 Å². The molecule has 52 heavy (non-hydrogen) atoms. The van der Waals surface area contributed by atoms with Gasteiger partial charge in [0.1, 0.15) is 0 Å². The highest BCUT2D eigenvalue weighted by Gasteiger charge is 2.35. The minimum Gasteiger partial charge on any atom is -0.208 e. The van der Waals surface area contributed by atoms with E-state index in [0.29, 0.717) is 17.5 Å². The molecule has 7 aromatic carbocycles. The van der Waals surface area contributed by atoms with E-state index in [9.17, 15) is 0 Å². The van der Waals surface area contributed by atoms with Crippen molar-refractivity contribution in [2.45, 2.75) is 19.3 Å². The van der Waals surface area contributed by atoms with Gasteiger partial charge in [-0.2, -0.15) is 0 Å². The largest absolute Gasteiger partial charge is 0.208 e. The van der Waals surface area contributed by atoms with E-state index in [1.807, 2.05) is 47.7 Å². The molecule has 0 saturated carbocycles. The molecule has 2 heterocycles. The van der Waals surface area contributed by atoms with Gasteiger partial charge in [0, 0.05) is 47.8 Å². The van der Waals surface area contributed by atoms with Crippen LogP contribution < -0.4 is 0 Å². The van der Waals surface area contributed by atoms with Gasteiger partial charge in [-0.1, -0.05) is 159 Å². The Bertz CT molecular complexity index is 2740. The van der Waals surface area contributed by atoms with Crippen molar-refractivity contribution in [1.29, 1.82) is 0 Å². The lowest BCUT2D eigenvalue weighted by Crippen LogP contribution is -2.14. The lowest BCUT2D eigenvalue weighted by atomic mass is 9.81. The molecule has 0 bridgehead atoms. The zero-order valence-corrected chi connectivity index (χ0v) is 29.7. The number of hydrogen-bond acceptors (Lipinski definition) is 4. The van der Waals surface area contributed by atoms with Crippen molar-refractivity contribution in [3.8, 4) is 67.5 Å². The number of thiophene rings is 1. The smallest absolute Gasteiger partial charge is 0.164 e. The maximum atomic E-state index is 5.16. The van der Waals surface area contributed by atoms with E-state index >= 15 is 0 Å². The summed E-state index contributed by atoms with van der Waals surface area (Å²) in [5.41, 5.74) is 13.0. The van der Waals surface area contributed by atoms with Crippen molar-refractivity contribution in [3.05, 3.63) is 175 Å². The van der Waals surface area contributed by atoms with Crippen LogP contribution in [0.3, 0.4) is 0 Å². The van der Waals surface area contributed by atoms with E-state index in [2.05, 4.69) is 141 Å². The Kier molecular flexibility index (Phi) is 7.02. The molecule has 0 aliphatic heterocycles. The predicted molar refractivity (Wildman–Crippen MR) is 217 cm³/mol. The van der Waals surface area contributed by atoms with Crippen molar-refractivity contribution < 1.29 is 0 Å². The molecule has 9 aromatic rings. The van der Waals surface area contributed by atoms with Gasteiger partial charge in [-0.15, -0.1) is 11.3 Å². The highest BCUT2D eigenvalue weighted by Crippen LogP contribution is 2.50.